The van der Waals surface area contributed by atoms with Crippen LogP contribution in [0.25, 0.3) is 22.3 Å². The molecule has 2 aromatic carbocycles. The van der Waals surface area contributed by atoms with E-state index in [9.17, 15) is 0 Å². The highest BCUT2D eigenvalue weighted by Gasteiger charge is 2.22. The molecule has 0 saturated heterocycles. The average molecular weight is 400 g/mol. The fourth-order valence-corrected chi connectivity index (χ4v) is 4.36. The number of nitrogens with zero attached hydrogens (tertiary/aromatic N) is 5. The molecule has 0 bridgehead atoms. The minimum absolute atomic E-state index is 0.765. The summed E-state index contributed by atoms with van der Waals surface area (Å²) >= 11 is 0. The highest BCUT2D eigenvalue weighted by Crippen LogP contribution is 2.35. The molecule has 0 unspecified atom stereocenters. The normalized spacial score (nSPS) is 11.3. The van der Waals surface area contributed by atoms with Crippen LogP contribution in [-0.2, 0) is 13.6 Å². The maximum absolute atomic E-state index is 4.90. The molecule has 0 saturated carbocycles. The van der Waals surface area contributed by atoms with Crippen LogP contribution in [0, 0.1) is 27.7 Å². The Morgan fingerprint density at radius 3 is 2.20 bits per heavy atom. The lowest BCUT2D eigenvalue weighted by Gasteiger charge is -2.22. The molecule has 0 aliphatic heterocycles. The van der Waals surface area contributed by atoms with Crippen LogP contribution in [-0.4, -0.2) is 26.3 Å². The van der Waals surface area contributed by atoms with Gasteiger partial charge in [0.2, 0.25) is 0 Å². The van der Waals surface area contributed by atoms with Gasteiger partial charge in [0.05, 0.1) is 5.69 Å². The Morgan fingerprint density at radius 2 is 1.57 bits per heavy atom. The monoisotopic (exact) mass is 399 g/mol. The molecule has 4 aromatic rings. The first-order valence-electron chi connectivity index (χ1n) is 10.5. The van der Waals surface area contributed by atoms with Crippen LogP contribution in [0.1, 0.15) is 35.0 Å². The van der Waals surface area contributed by atoms with E-state index in [1.165, 1.54) is 27.8 Å². The molecule has 5 heteroatoms. The molecule has 0 amide bonds. The van der Waals surface area contributed by atoms with Crippen molar-refractivity contribution in [2.45, 2.75) is 41.2 Å². The van der Waals surface area contributed by atoms with Gasteiger partial charge in [-0.25, -0.2) is 9.97 Å². The molecule has 30 heavy (non-hydrogen) atoms. The second kappa shape index (κ2) is 7.90. The lowest BCUT2D eigenvalue weighted by Crippen LogP contribution is -2.24. The van der Waals surface area contributed by atoms with Gasteiger partial charge in [-0.3, -0.25) is 4.68 Å². The summed E-state index contributed by atoms with van der Waals surface area (Å²) in [6.07, 6.45) is 0. The first kappa shape index (κ1) is 20.1. The van der Waals surface area contributed by atoms with E-state index in [-0.39, 0.29) is 0 Å². The lowest BCUT2D eigenvalue weighted by atomic mass is 9.96. The number of hydrogen-bond donors (Lipinski definition) is 0. The van der Waals surface area contributed by atoms with Crippen molar-refractivity contribution in [3.63, 3.8) is 0 Å². The quantitative estimate of drug-likeness (QED) is 0.457. The van der Waals surface area contributed by atoms with Gasteiger partial charge < -0.3 is 4.90 Å². The van der Waals surface area contributed by atoms with Gasteiger partial charge in [-0.2, -0.15) is 5.10 Å². The minimum Gasteiger partial charge on any atom is -0.351 e. The summed E-state index contributed by atoms with van der Waals surface area (Å²) in [6, 6.07) is 14.9. The Bertz CT molecular complexity index is 1180. The van der Waals surface area contributed by atoms with Gasteiger partial charge >= 0.3 is 0 Å². The summed E-state index contributed by atoms with van der Waals surface area (Å²) in [7, 11) is 2.00. The number of aryl methyl sites for hydroxylation is 5. The van der Waals surface area contributed by atoms with E-state index in [0.717, 1.165) is 41.5 Å². The molecule has 0 radical (unpaired) electrons. The predicted molar refractivity (Wildman–Crippen MR) is 124 cm³/mol. The Hall–Kier alpha value is -3.21. The number of aromatic nitrogens is 4. The number of hydrogen-bond acceptors (Lipinski definition) is 4. The summed E-state index contributed by atoms with van der Waals surface area (Å²) in [5, 5.41) is 4.90. The average Bonchev–Trinajstić information content (AvgIpc) is 3.01. The van der Waals surface area contributed by atoms with E-state index in [1.807, 2.05) is 24.7 Å². The van der Waals surface area contributed by atoms with Gasteiger partial charge in [0.1, 0.15) is 11.3 Å². The SMILES string of the molecule is CCN(Cc1ccccc1)c1nc(C)nc2c(-c3c(C)cc(C)cc3C)n(C)nc12. The minimum atomic E-state index is 0.765. The number of anilines is 1. The van der Waals surface area contributed by atoms with Crippen LogP contribution < -0.4 is 4.90 Å². The molecule has 0 aliphatic carbocycles. The molecule has 0 spiro atoms. The first-order chi connectivity index (χ1) is 14.4. The van der Waals surface area contributed by atoms with Crippen LogP contribution in [0.2, 0.25) is 0 Å². The van der Waals surface area contributed by atoms with Crippen LogP contribution in [0.4, 0.5) is 5.82 Å². The van der Waals surface area contributed by atoms with Gasteiger partial charge in [0.25, 0.3) is 0 Å². The maximum Gasteiger partial charge on any atom is 0.161 e. The lowest BCUT2D eigenvalue weighted by molar-refractivity contribution is 0.777. The molecule has 0 atom stereocenters. The zero-order valence-corrected chi connectivity index (χ0v) is 18.7. The van der Waals surface area contributed by atoms with Crippen LogP contribution in [0.15, 0.2) is 42.5 Å². The summed E-state index contributed by atoms with van der Waals surface area (Å²) in [5.74, 6) is 1.66. The van der Waals surface area contributed by atoms with Crippen molar-refractivity contribution >= 4 is 16.9 Å². The van der Waals surface area contributed by atoms with E-state index in [2.05, 4.69) is 69.0 Å². The Kier molecular flexibility index (Phi) is 5.29. The van der Waals surface area contributed by atoms with E-state index in [1.54, 1.807) is 0 Å². The second-order valence-corrected chi connectivity index (χ2v) is 8.04. The molecule has 2 aromatic heterocycles. The molecule has 0 aliphatic rings. The van der Waals surface area contributed by atoms with Crippen molar-refractivity contribution in [2.24, 2.45) is 7.05 Å². The van der Waals surface area contributed by atoms with Crippen molar-refractivity contribution in [1.82, 2.24) is 19.7 Å². The van der Waals surface area contributed by atoms with Crippen LogP contribution in [0.5, 0.6) is 0 Å². The topological polar surface area (TPSA) is 46.8 Å². The maximum atomic E-state index is 4.90. The molecule has 4 rings (SSSR count). The summed E-state index contributed by atoms with van der Waals surface area (Å²) in [5.41, 5.74) is 9.05. The predicted octanol–water partition coefficient (Wildman–Crippen LogP) is 5.29. The van der Waals surface area contributed by atoms with Crippen molar-refractivity contribution in [2.75, 3.05) is 11.4 Å². The van der Waals surface area contributed by atoms with E-state index in [0.29, 0.717) is 0 Å². The van der Waals surface area contributed by atoms with E-state index < -0.39 is 0 Å². The number of rotatable bonds is 5. The van der Waals surface area contributed by atoms with Crippen LogP contribution >= 0.6 is 0 Å². The highest BCUT2D eigenvalue weighted by atomic mass is 15.3. The molecule has 2 heterocycles. The van der Waals surface area contributed by atoms with Gasteiger partial charge in [0, 0.05) is 25.7 Å². The smallest absolute Gasteiger partial charge is 0.161 e. The van der Waals surface area contributed by atoms with Crippen molar-refractivity contribution in [3.05, 3.63) is 70.5 Å². The third-order valence-corrected chi connectivity index (χ3v) is 5.59. The van der Waals surface area contributed by atoms with E-state index in [4.69, 9.17) is 15.1 Å². The fraction of sp³-hybridized carbons (Fsp3) is 0.320. The van der Waals surface area contributed by atoms with Gasteiger partial charge in [-0.1, -0.05) is 48.0 Å². The Balaban J connectivity index is 1.91. The third-order valence-electron chi connectivity index (χ3n) is 5.59. The number of fused-ring (bicyclic) bond motifs is 1. The van der Waals surface area contributed by atoms with Crippen LogP contribution in [0.3, 0.4) is 0 Å². The Morgan fingerprint density at radius 1 is 0.900 bits per heavy atom. The summed E-state index contributed by atoms with van der Waals surface area (Å²) < 4.78 is 1.96. The van der Waals surface area contributed by atoms with Gasteiger partial charge in [-0.15, -0.1) is 0 Å². The molecule has 5 nitrogen and oxygen atoms in total. The standard InChI is InChI=1S/C25H29N5/c1-7-30(15-20-11-9-8-10-12-20)25-23-22(26-19(5)27-25)24(29(6)28-23)21-17(3)13-16(2)14-18(21)4/h8-14H,7,15H2,1-6H3. The first-order valence-corrected chi connectivity index (χ1v) is 10.5. The van der Waals surface area contributed by atoms with Crippen molar-refractivity contribution in [3.8, 4) is 11.3 Å². The fourth-order valence-electron chi connectivity index (χ4n) is 4.36. The van der Waals surface area contributed by atoms with Gasteiger partial charge in [-0.05, 0) is 51.3 Å². The second-order valence-electron chi connectivity index (χ2n) is 8.04. The third kappa shape index (κ3) is 3.56. The van der Waals surface area contributed by atoms with Crippen molar-refractivity contribution < 1.29 is 0 Å². The largest absolute Gasteiger partial charge is 0.351 e. The van der Waals surface area contributed by atoms with E-state index >= 15 is 0 Å². The summed E-state index contributed by atoms with van der Waals surface area (Å²) in [6.45, 7) is 12.2. The van der Waals surface area contributed by atoms with Gasteiger partial charge in [0.15, 0.2) is 11.3 Å². The molecule has 0 N–H and O–H groups in total. The Labute approximate surface area is 178 Å². The van der Waals surface area contributed by atoms with Crippen molar-refractivity contribution in [1.29, 1.82) is 0 Å². The number of benzene rings is 2. The molecule has 154 valence electrons. The zero-order chi connectivity index (χ0) is 21.4. The molecular formula is C25H29N5. The highest BCUT2D eigenvalue weighted by molar-refractivity contribution is 5.97. The zero-order valence-electron chi connectivity index (χ0n) is 18.7. The summed E-state index contributed by atoms with van der Waals surface area (Å²) in [4.78, 5) is 11.9. The molecule has 0 fully saturated rings. The molecular weight excluding hydrogens is 370 g/mol.